The fourth-order valence-corrected chi connectivity index (χ4v) is 2.76. The molecule has 2 atom stereocenters. The molecule has 4 heteroatoms. The van der Waals surface area contributed by atoms with E-state index in [2.05, 4.69) is 17.1 Å². The number of hydrogen-bond acceptors (Lipinski definition) is 4. The lowest BCUT2D eigenvalue weighted by Gasteiger charge is -2.27. The molecule has 0 bridgehead atoms. The Kier molecular flexibility index (Phi) is 6.80. The van der Waals surface area contributed by atoms with E-state index in [9.17, 15) is 4.79 Å². The predicted molar refractivity (Wildman–Crippen MR) is 78.2 cm³/mol. The molecule has 1 aliphatic rings. The molecule has 2 unspecified atom stereocenters. The molecule has 1 rings (SSSR count). The molecule has 0 spiro atoms. The van der Waals surface area contributed by atoms with Gasteiger partial charge in [-0.15, -0.1) is 0 Å². The highest BCUT2D eigenvalue weighted by Gasteiger charge is 2.31. The Morgan fingerprint density at radius 2 is 2.16 bits per heavy atom. The topological polar surface area (TPSA) is 41.6 Å². The van der Waals surface area contributed by atoms with Gasteiger partial charge in [0, 0.05) is 0 Å². The van der Waals surface area contributed by atoms with E-state index in [0.29, 0.717) is 0 Å². The molecule has 1 saturated heterocycles. The van der Waals surface area contributed by atoms with Gasteiger partial charge >= 0.3 is 5.97 Å². The normalized spacial score (nSPS) is 24.5. The van der Waals surface area contributed by atoms with Crippen LogP contribution in [0.1, 0.15) is 46.0 Å². The van der Waals surface area contributed by atoms with Crippen LogP contribution < -0.4 is 5.32 Å². The lowest BCUT2D eigenvalue weighted by Crippen LogP contribution is -2.48. The number of carbonyl (C=O) groups is 1. The number of nitrogens with one attached hydrogen (secondary N) is 1. The summed E-state index contributed by atoms with van der Waals surface area (Å²) in [5.41, 5.74) is -0.548. The summed E-state index contributed by atoms with van der Waals surface area (Å²) in [6.45, 7) is 7.76. The molecule has 0 aromatic rings. The number of methoxy groups -OCH3 is 1. The van der Waals surface area contributed by atoms with Crippen LogP contribution in [0.3, 0.4) is 0 Å². The molecular formula is C15H30N2O2. The zero-order chi connectivity index (χ0) is 14.3. The number of likely N-dealkylation sites (N-methyl/N-ethyl adjacent to an activating group) is 1. The summed E-state index contributed by atoms with van der Waals surface area (Å²) < 4.78 is 4.87. The molecule has 4 nitrogen and oxygen atoms in total. The van der Waals surface area contributed by atoms with E-state index in [1.54, 1.807) is 0 Å². The van der Waals surface area contributed by atoms with Crippen LogP contribution in [-0.4, -0.2) is 50.2 Å². The highest BCUT2D eigenvalue weighted by atomic mass is 16.5. The van der Waals surface area contributed by atoms with Crippen molar-refractivity contribution in [3.8, 4) is 0 Å². The van der Waals surface area contributed by atoms with Gasteiger partial charge in [-0.2, -0.15) is 0 Å². The third-order valence-electron chi connectivity index (χ3n) is 4.45. The van der Waals surface area contributed by atoms with Crippen molar-refractivity contribution in [2.75, 3.05) is 33.8 Å². The lowest BCUT2D eigenvalue weighted by molar-refractivity contribution is -0.148. The molecule has 0 radical (unpaired) electrons. The van der Waals surface area contributed by atoms with E-state index in [4.69, 9.17) is 4.74 Å². The number of hydrogen-bond donors (Lipinski definition) is 1. The maximum absolute atomic E-state index is 11.7. The summed E-state index contributed by atoms with van der Waals surface area (Å²) in [6, 6.07) is 0. The molecule has 112 valence electrons. The summed E-state index contributed by atoms with van der Waals surface area (Å²) in [5.74, 6) is 0.696. The Morgan fingerprint density at radius 3 is 2.79 bits per heavy atom. The zero-order valence-corrected chi connectivity index (χ0v) is 13.0. The zero-order valence-electron chi connectivity index (χ0n) is 13.0. The Balaban J connectivity index is 2.34. The van der Waals surface area contributed by atoms with Crippen LogP contribution in [-0.2, 0) is 9.53 Å². The van der Waals surface area contributed by atoms with Gasteiger partial charge in [0.05, 0.1) is 7.11 Å². The van der Waals surface area contributed by atoms with E-state index in [0.717, 1.165) is 25.3 Å². The van der Waals surface area contributed by atoms with E-state index >= 15 is 0 Å². The Hall–Kier alpha value is -0.610. The van der Waals surface area contributed by atoms with Gasteiger partial charge in [-0.1, -0.05) is 6.92 Å². The number of nitrogens with zero attached hydrogens (tertiary/aromatic N) is 1. The molecule has 0 aliphatic carbocycles. The van der Waals surface area contributed by atoms with Crippen LogP contribution in [0, 0.1) is 5.92 Å². The summed E-state index contributed by atoms with van der Waals surface area (Å²) in [5, 5.41) is 3.09. The first kappa shape index (κ1) is 16.4. The van der Waals surface area contributed by atoms with Gasteiger partial charge in [0.1, 0.15) is 5.54 Å². The fraction of sp³-hybridized carbons (Fsp3) is 0.933. The van der Waals surface area contributed by atoms with Crippen LogP contribution in [0.4, 0.5) is 0 Å². The first-order chi connectivity index (χ1) is 9.01. The van der Waals surface area contributed by atoms with Crippen molar-refractivity contribution in [3.63, 3.8) is 0 Å². The van der Waals surface area contributed by atoms with Crippen LogP contribution >= 0.6 is 0 Å². The van der Waals surface area contributed by atoms with Crippen molar-refractivity contribution >= 4 is 5.97 Å². The van der Waals surface area contributed by atoms with Crippen molar-refractivity contribution in [2.24, 2.45) is 5.92 Å². The minimum Gasteiger partial charge on any atom is -0.468 e. The van der Waals surface area contributed by atoms with Gasteiger partial charge in [0.15, 0.2) is 0 Å². The maximum atomic E-state index is 11.7. The maximum Gasteiger partial charge on any atom is 0.325 e. The summed E-state index contributed by atoms with van der Waals surface area (Å²) >= 11 is 0. The average Bonchev–Trinajstić information content (AvgIpc) is 2.62. The molecule has 0 aromatic heterocycles. The second kappa shape index (κ2) is 7.85. The third kappa shape index (κ3) is 5.11. The minimum atomic E-state index is -0.548. The highest BCUT2D eigenvalue weighted by Crippen LogP contribution is 2.18. The number of esters is 1. The number of likely N-dealkylation sites (tertiary alicyclic amines) is 1. The second-order valence-corrected chi connectivity index (χ2v) is 6.05. The molecule has 1 heterocycles. The SMILES string of the molecule is CNC(C)(CCCN1CCCC(C)CC1)C(=O)OC. The number of ether oxygens (including phenoxy) is 1. The van der Waals surface area contributed by atoms with Crippen LogP contribution in [0.15, 0.2) is 0 Å². The van der Waals surface area contributed by atoms with Gasteiger partial charge in [-0.3, -0.25) is 4.79 Å². The predicted octanol–water partition coefficient (Wildman–Crippen LogP) is 2.04. The van der Waals surface area contributed by atoms with Crippen LogP contribution in [0.5, 0.6) is 0 Å². The summed E-state index contributed by atoms with van der Waals surface area (Å²) in [7, 11) is 3.28. The van der Waals surface area contributed by atoms with Crippen LogP contribution in [0.2, 0.25) is 0 Å². The van der Waals surface area contributed by atoms with Gasteiger partial charge in [-0.25, -0.2) is 0 Å². The van der Waals surface area contributed by atoms with E-state index in [1.807, 2.05) is 14.0 Å². The Bertz CT molecular complexity index is 283. The number of rotatable bonds is 6. The largest absolute Gasteiger partial charge is 0.468 e. The quantitative estimate of drug-likeness (QED) is 0.750. The molecule has 0 saturated carbocycles. The molecule has 19 heavy (non-hydrogen) atoms. The van der Waals surface area contributed by atoms with Gasteiger partial charge in [0.2, 0.25) is 0 Å². The van der Waals surface area contributed by atoms with Crippen molar-refractivity contribution in [3.05, 3.63) is 0 Å². The Morgan fingerprint density at radius 1 is 1.42 bits per heavy atom. The van der Waals surface area contributed by atoms with Crippen LogP contribution in [0.25, 0.3) is 0 Å². The number of carbonyl (C=O) groups excluding carboxylic acids is 1. The summed E-state index contributed by atoms with van der Waals surface area (Å²) in [6.07, 6.45) is 5.82. The highest BCUT2D eigenvalue weighted by molar-refractivity contribution is 5.80. The van der Waals surface area contributed by atoms with Crippen molar-refractivity contribution in [1.29, 1.82) is 0 Å². The molecule has 0 amide bonds. The Labute approximate surface area is 117 Å². The molecule has 1 N–H and O–H groups in total. The third-order valence-corrected chi connectivity index (χ3v) is 4.45. The van der Waals surface area contributed by atoms with Gasteiger partial charge in [0.25, 0.3) is 0 Å². The lowest BCUT2D eigenvalue weighted by atomic mass is 9.96. The first-order valence-electron chi connectivity index (χ1n) is 7.51. The monoisotopic (exact) mass is 270 g/mol. The first-order valence-corrected chi connectivity index (χ1v) is 7.51. The van der Waals surface area contributed by atoms with Crippen molar-refractivity contribution in [1.82, 2.24) is 10.2 Å². The van der Waals surface area contributed by atoms with E-state index in [1.165, 1.54) is 39.5 Å². The second-order valence-electron chi connectivity index (χ2n) is 6.05. The van der Waals surface area contributed by atoms with Gasteiger partial charge in [-0.05, 0) is 71.6 Å². The van der Waals surface area contributed by atoms with Crippen molar-refractivity contribution in [2.45, 2.75) is 51.5 Å². The van der Waals surface area contributed by atoms with E-state index in [-0.39, 0.29) is 5.97 Å². The van der Waals surface area contributed by atoms with Crippen molar-refractivity contribution < 1.29 is 9.53 Å². The minimum absolute atomic E-state index is 0.167. The standard InChI is InChI=1S/C15H30N2O2/c1-13-7-5-10-17(12-8-13)11-6-9-15(2,16-3)14(18)19-4/h13,16H,5-12H2,1-4H3. The average molecular weight is 270 g/mol. The molecule has 1 fully saturated rings. The molecular weight excluding hydrogens is 240 g/mol. The molecule has 0 aromatic carbocycles. The summed E-state index contributed by atoms with van der Waals surface area (Å²) in [4.78, 5) is 14.3. The van der Waals surface area contributed by atoms with Gasteiger partial charge < -0.3 is 15.0 Å². The fourth-order valence-electron chi connectivity index (χ4n) is 2.76. The smallest absolute Gasteiger partial charge is 0.325 e. The molecule has 1 aliphatic heterocycles. The van der Waals surface area contributed by atoms with E-state index < -0.39 is 5.54 Å².